The molecule has 3 aromatic rings. The fraction of sp³-hybridized carbons (Fsp3) is 0. The molecule has 0 amide bonds. The number of benzene rings is 1. The van der Waals surface area contributed by atoms with Crippen molar-refractivity contribution >= 4 is 45.4 Å². The molecule has 2 heterocycles. The van der Waals surface area contributed by atoms with Gasteiger partial charge in [0.25, 0.3) is 0 Å². The van der Waals surface area contributed by atoms with E-state index in [2.05, 4.69) is 38.1 Å². The molecule has 2 aromatic heterocycles. The maximum absolute atomic E-state index is 5.39. The lowest BCUT2D eigenvalue weighted by molar-refractivity contribution is 0.531. The predicted octanol–water partition coefficient (Wildman–Crippen LogP) is 3.88. The number of hydrogen-bond donors (Lipinski definition) is 1. The Balaban J connectivity index is 1.84. The van der Waals surface area contributed by atoms with Crippen LogP contribution >= 0.6 is 22.6 Å². The largest absolute Gasteiger partial charge is 0.449 e. The minimum atomic E-state index is 0.713. The second kappa shape index (κ2) is 5.40. The minimum absolute atomic E-state index is 0.713. The van der Waals surface area contributed by atoms with E-state index in [1.807, 2.05) is 42.5 Å². The molecule has 3 rings (SSSR count). The number of halogens is 1. The van der Waals surface area contributed by atoms with Gasteiger partial charge in [-0.15, -0.1) is 0 Å². The number of furan rings is 1. The van der Waals surface area contributed by atoms with Crippen LogP contribution < -0.4 is 5.43 Å². The molecule has 0 saturated heterocycles. The molecule has 4 nitrogen and oxygen atoms in total. The highest BCUT2D eigenvalue weighted by Gasteiger charge is 2.00. The number of hydrazone groups is 1. The first kappa shape index (κ1) is 12.2. The summed E-state index contributed by atoms with van der Waals surface area (Å²) >= 11 is 2.12. The Kier molecular flexibility index (Phi) is 3.45. The summed E-state index contributed by atoms with van der Waals surface area (Å²) in [5.41, 5.74) is 4.76. The van der Waals surface area contributed by atoms with Crippen molar-refractivity contribution in [1.29, 1.82) is 0 Å². The Morgan fingerprint density at radius 3 is 2.89 bits per heavy atom. The van der Waals surface area contributed by atoms with Crippen LogP contribution in [0.4, 0.5) is 5.69 Å². The van der Waals surface area contributed by atoms with E-state index in [1.165, 1.54) is 0 Å². The molecule has 0 bridgehead atoms. The summed E-state index contributed by atoms with van der Waals surface area (Å²) in [5.74, 6) is 0.713. The molecule has 0 saturated carbocycles. The van der Waals surface area contributed by atoms with Crippen molar-refractivity contribution < 1.29 is 4.42 Å². The van der Waals surface area contributed by atoms with Crippen molar-refractivity contribution in [3.05, 3.63) is 58.2 Å². The molecule has 0 fully saturated rings. The molecule has 0 aliphatic carbocycles. The summed E-state index contributed by atoms with van der Waals surface area (Å²) in [6.45, 7) is 0. The topological polar surface area (TPSA) is 50.4 Å². The molecule has 0 radical (unpaired) electrons. The lowest BCUT2D eigenvalue weighted by Crippen LogP contribution is -1.92. The molecule has 0 aliphatic rings. The Labute approximate surface area is 123 Å². The van der Waals surface area contributed by atoms with Gasteiger partial charge < -0.3 is 4.42 Å². The predicted molar refractivity (Wildman–Crippen MR) is 84.4 cm³/mol. The summed E-state index contributed by atoms with van der Waals surface area (Å²) in [5, 5.41) is 5.24. The Morgan fingerprint density at radius 2 is 2.05 bits per heavy atom. The fourth-order valence-electron chi connectivity index (χ4n) is 1.76. The number of anilines is 1. The number of nitrogens with zero attached hydrogens (tertiary/aromatic N) is 2. The summed E-state index contributed by atoms with van der Waals surface area (Å²) in [4.78, 5) is 4.35. The van der Waals surface area contributed by atoms with Crippen LogP contribution in [0.1, 0.15) is 5.76 Å². The molecule has 1 aromatic carbocycles. The highest BCUT2D eigenvalue weighted by molar-refractivity contribution is 14.1. The molecule has 0 atom stereocenters. The van der Waals surface area contributed by atoms with Gasteiger partial charge >= 0.3 is 0 Å². The maximum Gasteiger partial charge on any atom is 0.164 e. The average molecular weight is 363 g/mol. The zero-order chi connectivity index (χ0) is 13.1. The molecule has 5 heteroatoms. The molecular weight excluding hydrogens is 353 g/mol. The van der Waals surface area contributed by atoms with E-state index in [9.17, 15) is 0 Å². The fourth-order valence-corrected chi connectivity index (χ4v) is 2.19. The summed E-state index contributed by atoms with van der Waals surface area (Å²) < 4.78 is 6.23. The molecule has 0 spiro atoms. The Bertz CT molecular complexity index is 731. The number of hydrogen-bond acceptors (Lipinski definition) is 4. The quantitative estimate of drug-likeness (QED) is 0.437. The van der Waals surface area contributed by atoms with E-state index in [0.717, 1.165) is 20.4 Å². The highest BCUT2D eigenvalue weighted by Crippen LogP contribution is 2.20. The van der Waals surface area contributed by atoms with Gasteiger partial charge in [0.1, 0.15) is 5.76 Å². The van der Waals surface area contributed by atoms with Crippen LogP contribution in [-0.2, 0) is 0 Å². The average Bonchev–Trinajstić information content (AvgIpc) is 2.85. The van der Waals surface area contributed by atoms with Gasteiger partial charge in [0, 0.05) is 11.6 Å². The first-order chi connectivity index (χ1) is 9.33. The van der Waals surface area contributed by atoms with Crippen molar-refractivity contribution in [2.45, 2.75) is 0 Å². The molecular formula is C14H10IN3O. The second-order valence-corrected chi connectivity index (χ2v) is 4.96. The van der Waals surface area contributed by atoms with E-state index in [-0.39, 0.29) is 0 Å². The minimum Gasteiger partial charge on any atom is -0.449 e. The van der Waals surface area contributed by atoms with E-state index < -0.39 is 0 Å². The van der Waals surface area contributed by atoms with Gasteiger partial charge in [-0.25, -0.2) is 0 Å². The summed E-state index contributed by atoms with van der Waals surface area (Å²) in [7, 11) is 0. The smallest absolute Gasteiger partial charge is 0.164 e. The third-order valence-electron chi connectivity index (χ3n) is 2.60. The van der Waals surface area contributed by atoms with Crippen LogP contribution in [0.3, 0.4) is 0 Å². The first-order valence-electron chi connectivity index (χ1n) is 5.71. The normalized spacial score (nSPS) is 11.2. The van der Waals surface area contributed by atoms with E-state index in [0.29, 0.717) is 5.76 Å². The van der Waals surface area contributed by atoms with Crippen LogP contribution in [0.15, 0.2) is 58.2 Å². The molecule has 0 aliphatic heterocycles. The van der Waals surface area contributed by atoms with Crippen molar-refractivity contribution in [2.75, 3.05) is 5.43 Å². The second-order valence-electron chi connectivity index (χ2n) is 3.89. The van der Waals surface area contributed by atoms with Crippen molar-refractivity contribution in [3.8, 4) is 0 Å². The number of para-hydroxylation sites is 1. The van der Waals surface area contributed by atoms with Crippen LogP contribution in [0, 0.1) is 3.77 Å². The summed E-state index contributed by atoms with van der Waals surface area (Å²) in [6.07, 6.45) is 3.41. The van der Waals surface area contributed by atoms with E-state index in [4.69, 9.17) is 4.42 Å². The van der Waals surface area contributed by atoms with Crippen LogP contribution in [-0.4, -0.2) is 11.2 Å². The van der Waals surface area contributed by atoms with Crippen LogP contribution in [0.5, 0.6) is 0 Å². The Morgan fingerprint density at radius 1 is 1.16 bits per heavy atom. The number of nitrogens with one attached hydrogen (secondary N) is 1. The van der Waals surface area contributed by atoms with Gasteiger partial charge in [-0.1, -0.05) is 18.2 Å². The van der Waals surface area contributed by atoms with Gasteiger partial charge in [-0.05, 0) is 46.9 Å². The molecule has 1 N–H and O–H groups in total. The van der Waals surface area contributed by atoms with E-state index in [1.54, 1.807) is 12.4 Å². The van der Waals surface area contributed by atoms with Gasteiger partial charge in [-0.2, -0.15) is 5.10 Å². The highest BCUT2D eigenvalue weighted by atomic mass is 127. The van der Waals surface area contributed by atoms with Crippen molar-refractivity contribution in [2.24, 2.45) is 5.10 Å². The van der Waals surface area contributed by atoms with Crippen molar-refractivity contribution in [3.63, 3.8) is 0 Å². The Hall–Kier alpha value is -1.89. The zero-order valence-electron chi connectivity index (χ0n) is 9.88. The lowest BCUT2D eigenvalue weighted by Gasteiger charge is -2.03. The third-order valence-corrected chi connectivity index (χ3v) is 3.18. The van der Waals surface area contributed by atoms with E-state index >= 15 is 0 Å². The number of aromatic nitrogens is 1. The number of pyridine rings is 1. The van der Waals surface area contributed by atoms with Crippen molar-refractivity contribution in [1.82, 2.24) is 4.98 Å². The molecule has 0 unspecified atom stereocenters. The maximum atomic E-state index is 5.39. The van der Waals surface area contributed by atoms with Crippen LogP contribution in [0.25, 0.3) is 10.9 Å². The molecule has 94 valence electrons. The SMILES string of the molecule is Ic1ccc(/C=N/Nc2cccc3cccnc23)o1. The van der Waals surface area contributed by atoms with Gasteiger partial charge in [0.15, 0.2) is 3.77 Å². The summed E-state index contributed by atoms with van der Waals surface area (Å²) in [6, 6.07) is 13.6. The van der Waals surface area contributed by atoms with Crippen LogP contribution in [0.2, 0.25) is 0 Å². The third kappa shape index (κ3) is 2.76. The standard InChI is InChI=1S/C14H10IN3O/c15-13-7-6-11(19-13)9-17-18-12-5-1-3-10-4-2-8-16-14(10)12/h1-9,18H/b17-9+. The van der Waals surface area contributed by atoms with Gasteiger partial charge in [0.05, 0.1) is 17.4 Å². The number of rotatable bonds is 3. The monoisotopic (exact) mass is 363 g/mol. The zero-order valence-corrected chi connectivity index (χ0v) is 12.0. The number of fused-ring (bicyclic) bond motifs is 1. The van der Waals surface area contributed by atoms with Gasteiger partial charge in [0.2, 0.25) is 0 Å². The van der Waals surface area contributed by atoms with Gasteiger partial charge in [-0.3, -0.25) is 10.4 Å². The molecule has 19 heavy (non-hydrogen) atoms. The first-order valence-corrected chi connectivity index (χ1v) is 6.79. The lowest BCUT2D eigenvalue weighted by atomic mass is 10.2.